The van der Waals surface area contributed by atoms with Crippen LogP contribution in [0.5, 0.6) is 0 Å². The predicted octanol–water partition coefficient (Wildman–Crippen LogP) is 3.17. The lowest BCUT2D eigenvalue weighted by molar-refractivity contribution is -0.123. The number of nitrogens with one attached hydrogen (secondary N) is 1. The molecule has 124 valence electrons. The Bertz CT molecular complexity index is 791. The van der Waals surface area contributed by atoms with E-state index < -0.39 is 5.97 Å². The lowest BCUT2D eigenvalue weighted by Gasteiger charge is -2.07. The van der Waals surface area contributed by atoms with E-state index in [9.17, 15) is 9.59 Å². The minimum Gasteiger partial charge on any atom is -0.476 e. The molecule has 1 aromatic heterocycles. The minimum absolute atomic E-state index is 0.0639. The lowest BCUT2D eigenvalue weighted by atomic mass is 10.1. The van der Waals surface area contributed by atoms with Crippen molar-refractivity contribution in [3.63, 3.8) is 0 Å². The number of hydrogen-bond acceptors (Lipinski definition) is 4. The molecule has 0 saturated heterocycles. The van der Waals surface area contributed by atoms with Gasteiger partial charge >= 0.3 is 5.97 Å². The zero-order valence-corrected chi connectivity index (χ0v) is 13.9. The largest absolute Gasteiger partial charge is 0.476 e. The van der Waals surface area contributed by atoms with E-state index in [0.717, 1.165) is 11.1 Å². The Morgan fingerprint density at radius 1 is 1.29 bits per heavy atom. The second kappa shape index (κ2) is 6.02. The summed E-state index contributed by atoms with van der Waals surface area (Å²) < 4.78 is 0. The van der Waals surface area contributed by atoms with Gasteiger partial charge in [0.15, 0.2) is 5.69 Å². The fraction of sp³-hybridized carbons (Fsp3) is 0.389. The van der Waals surface area contributed by atoms with Crippen LogP contribution >= 0.6 is 11.3 Å². The van der Waals surface area contributed by atoms with E-state index in [2.05, 4.69) is 10.3 Å². The van der Waals surface area contributed by atoms with Gasteiger partial charge in [0.2, 0.25) is 5.91 Å². The number of carboxylic acids is 1. The highest BCUT2D eigenvalue weighted by Gasteiger charge is 2.56. The quantitative estimate of drug-likeness (QED) is 0.875. The molecule has 4 rings (SSSR count). The molecule has 1 heterocycles. The molecular weight excluding hydrogens is 324 g/mol. The fourth-order valence-corrected chi connectivity index (χ4v) is 4.63. The molecule has 0 radical (unpaired) electrons. The average Bonchev–Trinajstić information content (AvgIpc) is 3.00. The SMILES string of the molecule is O=C(O)c1csc(-c2cccc(CNC(=O)C3C4CCCC43)c2)n1. The number of amides is 1. The number of aromatic carboxylic acids is 1. The number of benzene rings is 1. The van der Waals surface area contributed by atoms with Crippen LogP contribution in [0.1, 0.15) is 35.3 Å². The van der Waals surface area contributed by atoms with Crippen molar-refractivity contribution in [2.45, 2.75) is 25.8 Å². The van der Waals surface area contributed by atoms with Crippen LogP contribution in [0.2, 0.25) is 0 Å². The van der Waals surface area contributed by atoms with E-state index in [1.165, 1.54) is 36.0 Å². The van der Waals surface area contributed by atoms with E-state index >= 15 is 0 Å². The molecule has 0 bridgehead atoms. The van der Waals surface area contributed by atoms with Crippen molar-refractivity contribution >= 4 is 23.2 Å². The van der Waals surface area contributed by atoms with Gasteiger partial charge in [-0.1, -0.05) is 24.6 Å². The van der Waals surface area contributed by atoms with Crippen LogP contribution in [0, 0.1) is 17.8 Å². The van der Waals surface area contributed by atoms with Crippen LogP contribution in [0.4, 0.5) is 0 Å². The number of rotatable bonds is 5. The number of carbonyl (C=O) groups is 2. The minimum atomic E-state index is -1.02. The maximum absolute atomic E-state index is 12.2. The number of nitrogens with zero attached hydrogens (tertiary/aromatic N) is 1. The summed E-state index contributed by atoms with van der Waals surface area (Å²) in [6.45, 7) is 0.500. The molecule has 2 fully saturated rings. The summed E-state index contributed by atoms with van der Waals surface area (Å²) in [5.41, 5.74) is 1.94. The molecule has 24 heavy (non-hydrogen) atoms. The zero-order chi connectivity index (χ0) is 16.7. The molecule has 2 aromatic rings. The number of fused-ring (bicyclic) bond motifs is 1. The molecule has 2 aliphatic carbocycles. The summed E-state index contributed by atoms with van der Waals surface area (Å²) >= 11 is 1.31. The van der Waals surface area contributed by atoms with Crippen LogP contribution in [0.25, 0.3) is 10.6 Å². The summed E-state index contributed by atoms with van der Waals surface area (Å²) in [4.78, 5) is 27.3. The smallest absolute Gasteiger partial charge is 0.355 e. The van der Waals surface area contributed by atoms with Crippen molar-refractivity contribution in [2.24, 2.45) is 17.8 Å². The summed E-state index contributed by atoms with van der Waals surface area (Å²) in [6, 6.07) is 7.73. The van der Waals surface area contributed by atoms with Crippen molar-refractivity contribution in [1.82, 2.24) is 10.3 Å². The highest BCUT2D eigenvalue weighted by Crippen LogP contribution is 2.57. The van der Waals surface area contributed by atoms with Gasteiger partial charge in [-0.15, -0.1) is 11.3 Å². The van der Waals surface area contributed by atoms with Gasteiger partial charge in [0.25, 0.3) is 0 Å². The van der Waals surface area contributed by atoms with Crippen LogP contribution < -0.4 is 5.32 Å². The third kappa shape index (κ3) is 2.82. The van der Waals surface area contributed by atoms with E-state index in [-0.39, 0.29) is 17.5 Å². The first-order chi connectivity index (χ1) is 11.6. The highest BCUT2D eigenvalue weighted by atomic mass is 32.1. The van der Waals surface area contributed by atoms with Gasteiger partial charge in [0.1, 0.15) is 5.01 Å². The van der Waals surface area contributed by atoms with Gasteiger partial charge in [-0.3, -0.25) is 4.79 Å². The van der Waals surface area contributed by atoms with E-state index in [1.807, 2.05) is 24.3 Å². The second-order valence-corrected chi connectivity index (χ2v) is 7.40. The van der Waals surface area contributed by atoms with Gasteiger partial charge < -0.3 is 10.4 Å². The van der Waals surface area contributed by atoms with Gasteiger partial charge in [0.05, 0.1) is 0 Å². The zero-order valence-electron chi connectivity index (χ0n) is 13.1. The van der Waals surface area contributed by atoms with Crippen molar-refractivity contribution in [3.8, 4) is 10.6 Å². The van der Waals surface area contributed by atoms with Crippen molar-refractivity contribution in [1.29, 1.82) is 0 Å². The number of carbonyl (C=O) groups excluding carboxylic acids is 1. The summed E-state index contributed by atoms with van der Waals surface area (Å²) in [5, 5.41) is 14.2. The van der Waals surface area contributed by atoms with Gasteiger partial charge in [-0.25, -0.2) is 9.78 Å². The standard InChI is InChI=1S/C18H18N2O3S/c21-16(15-12-5-2-6-13(12)15)19-8-10-3-1-4-11(7-10)17-20-14(9-24-17)18(22)23/h1,3-4,7,9,12-13,15H,2,5-6,8H2,(H,19,21)(H,22,23). The molecule has 2 atom stereocenters. The lowest BCUT2D eigenvalue weighted by Crippen LogP contribution is -2.26. The Balaban J connectivity index is 1.41. The fourth-order valence-electron chi connectivity index (χ4n) is 3.84. The normalized spacial score (nSPS) is 24.4. The van der Waals surface area contributed by atoms with Crippen molar-refractivity contribution < 1.29 is 14.7 Å². The van der Waals surface area contributed by atoms with Gasteiger partial charge in [0, 0.05) is 23.4 Å². The van der Waals surface area contributed by atoms with Crippen LogP contribution in [0.15, 0.2) is 29.6 Å². The number of hydrogen-bond donors (Lipinski definition) is 2. The molecule has 2 aliphatic rings. The first kappa shape index (κ1) is 15.3. The monoisotopic (exact) mass is 342 g/mol. The molecule has 2 N–H and O–H groups in total. The Hall–Kier alpha value is -2.21. The molecule has 0 spiro atoms. The van der Waals surface area contributed by atoms with Gasteiger partial charge in [-0.2, -0.15) is 0 Å². The Morgan fingerprint density at radius 3 is 2.79 bits per heavy atom. The van der Waals surface area contributed by atoms with Crippen molar-refractivity contribution in [3.05, 3.63) is 40.9 Å². The molecule has 0 aliphatic heterocycles. The highest BCUT2D eigenvalue weighted by molar-refractivity contribution is 7.13. The van der Waals surface area contributed by atoms with Gasteiger partial charge in [-0.05, 0) is 36.3 Å². The Morgan fingerprint density at radius 2 is 2.08 bits per heavy atom. The molecule has 2 saturated carbocycles. The Labute approximate surface area is 143 Å². The number of carboxylic acid groups (broad SMARTS) is 1. The maximum atomic E-state index is 12.2. The molecule has 5 nitrogen and oxygen atoms in total. The summed E-state index contributed by atoms with van der Waals surface area (Å²) in [6.07, 6.45) is 3.68. The molecular formula is C18H18N2O3S. The molecule has 1 amide bonds. The Kier molecular flexibility index (Phi) is 3.84. The third-order valence-electron chi connectivity index (χ3n) is 5.07. The maximum Gasteiger partial charge on any atom is 0.355 e. The van der Waals surface area contributed by atoms with E-state index in [4.69, 9.17) is 5.11 Å². The van der Waals surface area contributed by atoms with Crippen molar-refractivity contribution in [2.75, 3.05) is 0 Å². The first-order valence-electron chi connectivity index (χ1n) is 8.19. The van der Waals surface area contributed by atoms with E-state index in [1.54, 1.807) is 0 Å². The first-order valence-corrected chi connectivity index (χ1v) is 9.07. The average molecular weight is 342 g/mol. The molecule has 2 unspecified atom stereocenters. The summed E-state index contributed by atoms with van der Waals surface area (Å²) in [5.74, 6) is 0.648. The predicted molar refractivity (Wildman–Crippen MR) is 90.7 cm³/mol. The second-order valence-electron chi connectivity index (χ2n) is 6.55. The third-order valence-corrected chi connectivity index (χ3v) is 5.96. The number of thiazole rings is 1. The molecule has 1 aromatic carbocycles. The summed E-state index contributed by atoms with van der Waals surface area (Å²) in [7, 11) is 0. The number of aromatic nitrogens is 1. The van der Waals surface area contributed by atoms with Crippen LogP contribution in [-0.4, -0.2) is 22.0 Å². The topological polar surface area (TPSA) is 79.3 Å². The molecule has 6 heteroatoms. The van der Waals surface area contributed by atoms with Crippen LogP contribution in [-0.2, 0) is 11.3 Å². The van der Waals surface area contributed by atoms with E-state index in [0.29, 0.717) is 23.4 Å². The van der Waals surface area contributed by atoms with Crippen LogP contribution in [0.3, 0.4) is 0 Å².